The van der Waals surface area contributed by atoms with Gasteiger partial charge in [-0.1, -0.05) is 20.8 Å². The third kappa shape index (κ3) is 3.44. The van der Waals surface area contributed by atoms with E-state index in [0.717, 1.165) is 5.92 Å². The van der Waals surface area contributed by atoms with Gasteiger partial charge in [-0.2, -0.15) is 0 Å². The third-order valence-corrected chi connectivity index (χ3v) is 3.68. The molecule has 1 aliphatic carbocycles. The molecule has 3 nitrogen and oxygen atoms in total. The molecule has 3 atom stereocenters. The highest BCUT2D eigenvalue weighted by Gasteiger charge is 2.37. The van der Waals surface area contributed by atoms with Gasteiger partial charge in [0, 0.05) is 20.3 Å². The minimum Gasteiger partial charge on any atom is -0.354 e. The van der Waals surface area contributed by atoms with Gasteiger partial charge >= 0.3 is 0 Å². The Morgan fingerprint density at radius 3 is 2.12 bits per heavy atom. The van der Waals surface area contributed by atoms with Crippen molar-refractivity contribution in [3.8, 4) is 0 Å². The molecule has 3 heteroatoms. The van der Waals surface area contributed by atoms with Crippen LogP contribution in [0.2, 0.25) is 0 Å². The number of nitrogens with one attached hydrogen (secondary N) is 1. The minimum absolute atomic E-state index is 0.157. The molecule has 3 unspecified atom stereocenters. The van der Waals surface area contributed by atoms with E-state index in [2.05, 4.69) is 33.0 Å². The van der Waals surface area contributed by atoms with Crippen molar-refractivity contribution in [1.82, 2.24) is 5.32 Å². The molecule has 1 N–H and O–H groups in total. The van der Waals surface area contributed by atoms with Gasteiger partial charge in [0.1, 0.15) is 0 Å². The van der Waals surface area contributed by atoms with Gasteiger partial charge in [-0.05, 0) is 31.1 Å². The molecule has 16 heavy (non-hydrogen) atoms. The van der Waals surface area contributed by atoms with Gasteiger partial charge in [0.25, 0.3) is 0 Å². The normalized spacial score (nSPS) is 30.9. The van der Waals surface area contributed by atoms with Crippen LogP contribution in [0.1, 0.15) is 40.5 Å². The molecule has 1 saturated carbocycles. The van der Waals surface area contributed by atoms with Crippen molar-refractivity contribution in [1.29, 1.82) is 0 Å². The van der Waals surface area contributed by atoms with Crippen LogP contribution in [-0.4, -0.2) is 32.6 Å². The van der Waals surface area contributed by atoms with Gasteiger partial charge in [-0.15, -0.1) is 0 Å². The Hall–Kier alpha value is -0.120. The molecule has 0 saturated heterocycles. The van der Waals surface area contributed by atoms with E-state index in [0.29, 0.717) is 11.5 Å². The van der Waals surface area contributed by atoms with Crippen LogP contribution in [-0.2, 0) is 9.47 Å². The van der Waals surface area contributed by atoms with Crippen molar-refractivity contribution < 1.29 is 9.47 Å². The number of hydrogen-bond acceptors (Lipinski definition) is 3. The Labute approximate surface area is 99.9 Å². The van der Waals surface area contributed by atoms with Crippen LogP contribution >= 0.6 is 0 Å². The molecule has 1 rings (SSSR count). The highest BCUT2D eigenvalue weighted by atomic mass is 16.7. The average Bonchev–Trinajstić information content (AvgIpc) is 2.41. The lowest BCUT2D eigenvalue weighted by Crippen LogP contribution is -2.46. The number of rotatable bonds is 5. The summed E-state index contributed by atoms with van der Waals surface area (Å²) in [6.45, 7) is 9.14. The maximum Gasteiger partial charge on any atom is 0.171 e. The zero-order valence-corrected chi connectivity index (χ0v) is 11.5. The molecule has 0 aliphatic heterocycles. The molecule has 1 aliphatic rings. The highest BCUT2D eigenvalue weighted by Crippen LogP contribution is 2.41. The molecular formula is C13H27NO2. The van der Waals surface area contributed by atoms with Crippen molar-refractivity contribution in [3.63, 3.8) is 0 Å². The van der Waals surface area contributed by atoms with Crippen molar-refractivity contribution in [2.45, 2.75) is 58.9 Å². The molecule has 0 aromatic heterocycles. The summed E-state index contributed by atoms with van der Waals surface area (Å²) in [7, 11) is 3.38. The summed E-state index contributed by atoms with van der Waals surface area (Å²) in [6.07, 6.45) is 2.37. The molecule has 0 spiro atoms. The lowest BCUT2D eigenvalue weighted by molar-refractivity contribution is -0.121. The van der Waals surface area contributed by atoms with E-state index in [1.165, 1.54) is 12.8 Å². The summed E-state index contributed by atoms with van der Waals surface area (Å²) in [5, 5.41) is 3.64. The van der Waals surface area contributed by atoms with Crippen molar-refractivity contribution in [3.05, 3.63) is 0 Å². The third-order valence-electron chi connectivity index (χ3n) is 3.68. The molecule has 0 bridgehead atoms. The lowest BCUT2D eigenvalue weighted by atomic mass is 9.91. The number of hydrogen-bond donors (Lipinski definition) is 1. The summed E-state index contributed by atoms with van der Waals surface area (Å²) in [6, 6.07) is 0.814. The Morgan fingerprint density at radius 2 is 1.75 bits per heavy atom. The topological polar surface area (TPSA) is 30.5 Å². The van der Waals surface area contributed by atoms with Crippen LogP contribution in [0.15, 0.2) is 0 Å². The van der Waals surface area contributed by atoms with Crippen LogP contribution in [0, 0.1) is 11.3 Å². The van der Waals surface area contributed by atoms with E-state index in [1.54, 1.807) is 14.2 Å². The first-order chi connectivity index (χ1) is 7.39. The maximum absolute atomic E-state index is 5.27. The predicted molar refractivity (Wildman–Crippen MR) is 66.4 cm³/mol. The smallest absolute Gasteiger partial charge is 0.171 e. The highest BCUT2D eigenvalue weighted by molar-refractivity contribution is 4.92. The molecule has 1 fully saturated rings. The predicted octanol–water partition coefficient (Wildman–Crippen LogP) is 2.41. The fraction of sp³-hybridized carbons (Fsp3) is 1.00. The Balaban J connectivity index is 2.48. The minimum atomic E-state index is -0.157. The molecule has 0 aromatic rings. The fourth-order valence-electron chi connectivity index (χ4n) is 3.04. The number of ether oxygens (including phenoxy) is 2. The summed E-state index contributed by atoms with van der Waals surface area (Å²) in [5.41, 5.74) is 0.465. The van der Waals surface area contributed by atoms with Gasteiger partial charge in [0.15, 0.2) is 6.29 Å². The second-order valence-electron chi connectivity index (χ2n) is 5.95. The largest absolute Gasteiger partial charge is 0.354 e. The summed E-state index contributed by atoms with van der Waals surface area (Å²) in [5.74, 6) is 0.729. The van der Waals surface area contributed by atoms with Gasteiger partial charge < -0.3 is 14.8 Å². The van der Waals surface area contributed by atoms with E-state index in [9.17, 15) is 0 Å². The van der Waals surface area contributed by atoms with Crippen molar-refractivity contribution in [2.24, 2.45) is 11.3 Å². The first-order valence-corrected chi connectivity index (χ1v) is 6.21. The Morgan fingerprint density at radius 1 is 1.19 bits per heavy atom. The first-order valence-electron chi connectivity index (χ1n) is 6.21. The molecule has 0 amide bonds. The molecular weight excluding hydrogens is 202 g/mol. The average molecular weight is 229 g/mol. The molecule has 96 valence electrons. The van der Waals surface area contributed by atoms with Crippen LogP contribution in [0.4, 0.5) is 0 Å². The van der Waals surface area contributed by atoms with E-state index >= 15 is 0 Å². The van der Waals surface area contributed by atoms with Gasteiger partial charge in [-0.3, -0.25) is 0 Å². The summed E-state index contributed by atoms with van der Waals surface area (Å²) >= 11 is 0. The van der Waals surface area contributed by atoms with Gasteiger partial charge in [0.2, 0.25) is 0 Å². The summed E-state index contributed by atoms with van der Waals surface area (Å²) in [4.78, 5) is 0. The second kappa shape index (κ2) is 5.48. The van der Waals surface area contributed by atoms with E-state index in [-0.39, 0.29) is 12.3 Å². The molecule has 0 heterocycles. The van der Waals surface area contributed by atoms with E-state index in [4.69, 9.17) is 9.47 Å². The van der Waals surface area contributed by atoms with Crippen LogP contribution in [0.5, 0.6) is 0 Å². The van der Waals surface area contributed by atoms with Crippen molar-refractivity contribution >= 4 is 0 Å². The second-order valence-corrected chi connectivity index (χ2v) is 5.95. The van der Waals surface area contributed by atoms with E-state index < -0.39 is 0 Å². The van der Waals surface area contributed by atoms with Crippen LogP contribution in [0.25, 0.3) is 0 Å². The quantitative estimate of drug-likeness (QED) is 0.734. The Kier molecular flexibility index (Phi) is 4.77. The first kappa shape index (κ1) is 13.9. The van der Waals surface area contributed by atoms with Gasteiger partial charge in [0.05, 0.1) is 6.04 Å². The number of methoxy groups -OCH3 is 2. The molecule has 0 aromatic carbocycles. The van der Waals surface area contributed by atoms with Gasteiger partial charge in [-0.25, -0.2) is 0 Å². The lowest BCUT2D eigenvalue weighted by Gasteiger charge is -2.27. The fourth-order valence-corrected chi connectivity index (χ4v) is 3.04. The maximum atomic E-state index is 5.27. The molecule has 0 radical (unpaired) electrons. The standard InChI is InChI=1S/C13H27NO2/c1-9-7-13(3,4)8-11(9)14-10(2)12(15-5)16-6/h9-12,14H,7-8H2,1-6H3. The Bertz CT molecular complexity index is 214. The van der Waals surface area contributed by atoms with E-state index in [1.807, 2.05) is 0 Å². The monoisotopic (exact) mass is 229 g/mol. The zero-order chi connectivity index (χ0) is 12.3. The SMILES string of the molecule is COC(OC)C(C)NC1CC(C)(C)CC1C. The van der Waals surface area contributed by atoms with Crippen LogP contribution < -0.4 is 5.32 Å². The van der Waals surface area contributed by atoms with Crippen molar-refractivity contribution in [2.75, 3.05) is 14.2 Å². The summed E-state index contributed by atoms with van der Waals surface area (Å²) < 4.78 is 10.5. The zero-order valence-electron chi connectivity index (χ0n) is 11.5. The van der Waals surface area contributed by atoms with Crippen LogP contribution in [0.3, 0.4) is 0 Å².